The van der Waals surface area contributed by atoms with E-state index in [1.807, 2.05) is 0 Å². The van der Waals surface area contributed by atoms with Gasteiger partial charge in [0, 0.05) is 4.88 Å². The predicted octanol–water partition coefficient (Wildman–Crippen LogP) is 2.55. The van der Waals surface area contributed by atoms with Crippen molar-refractivity contribution in [2.24, 2.45) is 5.92 Å². The SMILES string of the molecule is O=C(O)c1ccc(CS(=O)(=O)CC2CCCC2)s1. The Bertz CT molecular complexity index is 524. The van der Waals surface area contributed by atoms with Gasteiger partial charge in [-0.3, -0.25) is 0 Å². The van der Waals surface area contributed by atoms with E-state index in [9.17, 15) is 13.2 Å². The molecule has 0 aromatic carbocycles. The van der Waals surface area contributed by atoms with Crippen LogP contribution in [-0.4, -0.2) is 25.2 Å². The van der Waals surface area contributed by atoms with Gasteiger partial charge in [0.1, 0.15) is 4.88 Å². The minimum atomic E-state index is -3.11. The van der Waals surface area contributed by atoms with Crippen LogP contribution >= 0.6 is 11.3 Å². The zero-order chi connectivity index (χ0) is 13.2. The van der Waals surface area contributed by atoms with Gasteiger partial charge in [-0.1, -0.05) is 12.8 Å². The molecule has 1 saturated carbocycles. The summed E-state index contributed by atoms with van der Waals surface area (Å²) >= 11 is 1.05. The molecule has 1 aromatic heterocycles. The van der Waals surface area contributed by atoms with Crippen molar-refractivity contribution in [3.63, 3.8) is 0 Å². The molecule has 0 unspecified atom stereocenters. The third kappa shape index (κ3) is 3.55. The van der Waals surface area contributed by atoms with Crippen molar-refractivity contribution in [3.8, 4) is 0 Å². The molecular weight excluding hydrogens is 272 g/mol. The lowest BCUT2D eigenvalue weighted by Crippen LogP contribution is -2.15. The molecule has 0 amide bonds. The van der Waals surface area contributed by atoms with E-state index in [4.69, 9.17) is 5.11 Å². The van der Waals surface area contributed by atoms with Gasteiger partial charge >= 0.3 is 5.97 Å². The summed E-state index contributed by atoms with van der Waals surface area (Å²) in [5, 5.41) is 8.79. The van der Waals surface area contributed by atoms with Gasteiger partial charge in [0.05, 0.1) is 11.5 Å². The Morgan fingerprint density at radius 3 is 2.56 bits per heavy atom. The molecule has 1 aliphatic carbocycles. The summed E-state index contributed by atoms with van der Waals surface area (Å²) in [5.41, 5.74) is 0. The highest BCUT2D eigenvalue weighted by Gasteiger charge is 2.23. The number of carboxylic acids is 1. The molecule has 0 atom stereocenters. The number of thiophene rings is 1. The maximum atomic E-state index is 12.0. The van der Waals surface area contributed by atoms with E-state index in [0.717, 1.165) is 37.0 Å². The van der Waals surface area contributed by atoms with Gasteiger partial charge in [0.2, 0.25) is 0 Å². The zero-order valence-corrected chi connectivity index (χ0v) is 11.6. The van der Waals surface area contributed by atoms with Gasteiger partial charge in [0.15, 0.2) is 9.84 Å². The van der Waals surface area contributed by atoms with Crippen LogP contribution in [0.1, 0.15) is 40.2 Å². The minimum Gasteiger partial charge on any atom is -0.477 e. The molecule has 0 aliphatic heterocycles. The van der Waals surface area contributed by atoms with Crippen molar-refractivity contribution in [3.05, 3.63) is 21.9 Å². The van der Waals surface area contributed by atoms with Crippen molar-refractivity contribution >= 4 is 27.1 Å². The molecule has 0 saturated heterocycles. The van der Waals surface area contributed by atoms with E-state index in [2.05, 4.69) is 0 Å². The van der Waals surface area contributed by atoms with Crippen molar-refractivity contribution < 1.29 is 18.3 Å². The Balaban J connectivity index is 2.00. The second-order valence-electron chi connectivity index (χ2n) is 4.78. The van der Waals surface area contributed by atoms with E-state index in [-0.39, 0.29) is 16.4 Å². The summed E-state index contributed by atoms with van der Waals surface area (Å²) in [4.78, 5) is 11.5. The Labute approximate surface area is 111 Å². The smallest absolute Gasteiger partial charge is 0.345 e. The summed E-state index contributed by atoms with van der Waals surface area (Å²) in [6.45, 7) is 0. The lowest BCUT2D eigenvalue weighted by molar-refractivity contribution is 0.0702. The summed E-state index contributed by atoms with van der Waals surface area (Å²) < 4.78 is 24.0. The fraction of sp³-hybridized carbons (Fsp3) is 0.583. The first-order valence-electron chi connectivity index (χ1n) is 5.99. The molecule has 1 aromatic rings. The van der Waals surface area contributed by atoms with Crippen molar-refractivity contribution in [2.45, 2.75) is 31.4 Å². The first-order valence-corrected chi connectivity index (χ1v) is 8.62. The van der Waals surface area contributed by atoms with Gasteiger partial charge in [-0.25, -0.2) is 13.2 Å². The number of aromatic carboxylic acids is 1. The lowest BCUT2D eigenvalue weighted by Gasteiger charge is -2.08. The second kappa shape index (κ2) is 5.40. The third-order valence-corrected chi connectivity index (χ3v) is 6.19. The third-order valence-electron chi connectivity index (χ3n) is 3.20. The molecule has 1 aliphatic rings. The van der Waals surface area contributed by atoms with Gasteiger partial charge in [0.25, 0.3) is 0 Å². The molecule has 18 heavy (non-hydrogen) atoms. The molecule has 1 N–H and O–H groups in total. The highest BCUT2D eigenvalue weighted by molar-refractivity contribution is 7.90. The Morgan fingerprint density at radius 2 is 2.00 bits per heavy atom. The number of sulfone groups is 1. The zero-order valence-electron chi connectivity index (χ0n) is 9.96. The standard InChI is InChI=1S/C12H16O4S2/c13-12(14)11-6-5-10(17-11)8-18(15,16)7-9-3-1-2-4-9/h5-6,9H,1-4,7-8H2,(H,13,14). The van der Waals surface area contributed by atoms with Crippen LogP contribution in [0.4, 0.5) is 0 Å². The number of hydrogen-bond acceptors (Lipinski definition) is 4. The Kier molecular flexibility index (Phi) is 4.07. The topological polar surface area (TPSA) is 71.4 Å². The van der Waals surface area contributed by atoms with Crippen LogP contribution in [0.5, 0.6) is 0 Å². The maximum Gasteiger partial charge on any atom is 0.345 e. The van der Waals surface area contributed by atoms with Crippen molar-refractivity contribution in [1.29, 1.82) is 0 Å². The molecule has 100 valence electrons. The molecular formula is C12H16O4S2. The lowest BCUT2D eigenvalue weighted by atomic mass is 10.1. The summed E-state index contributed by atoms with van der Waals surface area (Å²) in [7, 11) is -3.11. The van der Waals surface area contributed by atoms with E-state index < -0.39 is 15.8 Å². The van der Waals surface area contributed by atoms with E-state index in [0.29, 0.717) is 10.8 Å². The van der Waals surface area contributed by atoms with Crippen LogP contribution in [0.25, 0.3) is 0 Å². The Hall–Kier alpha value is -0.880. The van der Waals surface area contributed by atoms with E-state index >= 15 is 0 Å². The average molecular weight is 288 g/mol. The first-order chi connectivity index (χ1) is 8.46. The quantitative estimate of drug-likeness (QED) is 0.904. The normalized spacial score (nSPS) is 17.1. The maximum absolute atomic E-state index is 12.0. The van der Waals surface area contributed by atoms with Crippen LogP contribution in [-0.2, 0) is 15.6 Å². The molecule has 0 spiro atoms. The highest BCUT2D eigenvalue weighted by Crippen LogP contribution is 2.27. The van der Waals surface area contributed by atoms with Crippen molar-refractivity contribution in [2.75, 3.05) is 5.75 Å². The van der Waals surface area contributed by atoms with Gasteiger partial charge in [-0.2, -0.15) is 0 Å². The van der Waals surface area contributed by atoms with Crippen molar-refractivity contribution in [1.82, 2.24) is 0 Å². The predicted molar refractivity (Wildman–Crippen MR) is 70.7 cm³/mol. The van der Waals surface area contributed by atoms with Crippen LogP contribution in [0.15, 0.2) is 12.1 Å². The average Bonchev–Trinajstić information content (AvgIpc) is 2.87. The summed E-state index contributed by atoms with van der Waals surface area (Å²) in [6, 6.07) is 3.06. The molecule has 1 fully saturated rings. The minimum absolute atomic E-state index is 0.0263. The molecule has 0 bridgehead atoms. The summed E-state index contributed by atoms with van der Waals surface area (Å²) in [5.74, 6) is -0.484. The number of hydrogen-bond donors (Lipinski definition) is 1. The fourth-order valence-corrected chi connectivity index (χ4v) is 5.50. The monoisotopic (exact) mass is 288 g/mol. The van der Waals surface area contributed by atoms with Gasteiger partial charge in [-0.15, -0.1) is 11.3 Å². The first kappa shape index (κ1) is 13.5. The molecule has 1 heterocycles. The second-order valence-corrected chi connectivity index (χ2v) is 8.05. The van der Waals surface area contributed by atoms with Gasteiger partial charge in [-0.05, 0) is 30.9 Å². The number of rotatable bonds is 5. The van der Waals surface area contributed by atoms with Crippen LogP contribution in [0.2, 0.25) is 0 Å². The summed E-state index contributed by atoms with van der Waals surface area (Å²) in [6.07, 6.45) is 4.26. The van der Waals surface area contributed by atoms with Crippen LogP contribution < -0.4 is 0 Å². The molecule has 6 heteroatoms. The fourth-order valence-electron chi connectivity index (χ4n) is 2.38. The van der Waals surface area contributed by atoms with Crippen LogP contribution in [0.3, 0.4) is 0 Å². The number of carboxylic acid groups (broad SMARTS) is 1. The number of carbonyl (C=O) groups is 1. The van der Waals surface area contributed by atoms with E-state index in [1.54, 1.807) is 6.07 Å². The van der Waals surface area contributed by atoms with Gasteiger partial charge < -0.3 is 5.11 Å². The molecule has 4 nitrogen and oxygen atoms in total. The largest absolute Gasteiger partial charge is 0.477 e. The molecule has 2 rings (SSSR count). The molecule has 0 radical (unpaired) electrons. The highest BCUT2D eigenvalue weighted by atomic mass is 32.2. The van der Waals surface area contributed by atoms with Crippen LogP contribution in [0, 0.1) is 5.92 Å². The van der Waals surface area contributed by atoms with E-state index in [1.165, 1.54) is 6.07 Å². The Morgan fingerprint density at radius 1 is 1.33 bits per heavy atom.